The molecule has 2 saturated heterocycles. The maximum Gasteiger partial charge on any atom is 0.225 e. The zero-order chi connectivity index (χ0) is 26.8. The lowest BCUT2D eigenvalue weighted by molar-refractivity contribution is 0.132. The lowest BCUT2D eigenvalue weighted by Gasteiger charge is -2.35. The normalized spacial score (nSPS) is 21.0. The van der Waals surface area contributed by atoms with Gasteiger partial charge in [0.15, 0.2) is 17.4 Å². The maximum absolute atomic E-state index is 14.3. The van der Waals surface area contributed by atoms with Crippen molar-refractivity contribution >= 4 is 17.6 Å². The van der Waals surface area contributed by atoms with Crippen molar-refractivity contribution in [3.63, 3.8) is 0 Å². The van der Waals surface area contributed by atoms with Crippen LogP contribution >= 0.6 is 0 Å². The molecule has 0 amide bonds. The van der Waals surface area contributed by atoms with E-state index < -0.39 is 11.6 Å². The van der Waals surface area contributed by atoms with Crippen molar-refractivity contribution < 1.29 is 13.5 Å². The van der Waals surface area contributed by atoms with Gasteiger partial charge < -0.3 is 25.2 Å². The van der Waals surface area contributed by atoms with E-state index in [9.17, 15) is 8.78 Å². The lowest BCUT2D eigenvalue weighted by atomic mass is 9.92. The van der Waals surface area contributed by atoms with Gasteiger partial charge in [-0.1, -0.05) is 0 Å². The molecule has 2 aliphatic rings. The van der Waals surface area contributed by atoms with Crippen LogP contribution in [-0.4, -0.2) is 72.6 Å². The molecule has 0 spiro atoms. The van der Waals surface area contributed by atoms with Crippen LogP contribution in [0.15, 0.2) is 42.7 Å². The first kappa shape index (κ1) is 26.0. The minimum absolute atomic E-state index is 0.00865. The van der Waals surface area contributed by atoms with Gasteiger partial charge in [0.25, 0.3) is 0 Å². The van der Waals surface area contributed by atoms with Gasteiger partial charge >= 0.3 is 0 Å². The van der Waals surface area contributed by atoms with Gasteiger partial charge in [0.05, 0.1) is 18.5 Å². The third kappa shape index (κ3) is 5.62. The minimum Gasteiger partial charge on any atom is -0.487 e. The van der Waals surface area contributed by atoms with Crippen LogP contribution in [0.2, 0.25) is 0 Å². The SMILES string of the molecule is CC(Oc1cnc(N2CC(N)C(c3cc(F)ccc3F)C2)nc1)C1CCN(c2ccc(N(C)C)nn2)CC1. The summed E-state index contributed by atoms with van der Waals surface area (Å²) in [6, 6.07) is 7.13. The van der Waals surface area contributed by atoms with Crippen LogP contribution in [0.1, 0.15) is 31.2 Å². The van der Waals surface area contributed by atoms with Crippen molar-refractivity contribution in [2.45, 2.75) is 37.8 Å². The van der Waals surface area contributed by atoms with Gasteiger partial charge in [0.1, 0.15) is 11.6 Å². The van der Waals surface area contributed by atoms with Gasteiger partial charge in [-0.25, -0.2) is 18.7 Å². The van der Waals surface area contributed by atoms with Crippen LogP contribution in [-0.2, 0) is 0 Å². The van der Waals surface area contributed by atoms with E-state index in [1.807, 2.05) is 36.0 Å². The monoisotopic (exact) mass is 524 g/mol. The highest BCUT2D eigenvalue weighted by Crippen LogP contribution is 2.31. The molecule has 202 valence electrons. The zero-order valence-corrected chi connectivity index (χ0v) is 22.0. The number of aromatic nitrogens is 4. The number of piperidine rings is 1. The summed E-state index contributed by atoms with van der Waals surface area (Å²) in [7, 11) is 3.90. The van der Waals surface area contributed by atoms with Crippen LogP contribution in [0.5, 0.6) is 5.75 Å². The summed E-state index contributed by atoms with van der Waals surface area (Å²) in [5, 5.41) is 8.66. The van der Waals surface area contributed by atoms with E-state index in [1.165, 1.54) is 6.07 Å². The Balaban J connectivity index is 1.14. The summed E-state index contributed by atoms with van der Waals surface area (Å²) < 4.78 is 34.2. The summed E-state index contributed by atoms with van der Waals surface area (Å²) in [6.07, 6.45) is 5.31. The molecule has 38 heavy (non-hydrogen) atoms. The fourth-order valence-electron chi connectivity index (χ4n) is 5.29. The number of anilines is 3. The Kier molecular flexibility index (Phi) is 7.55. The fraction of sp³-hybridized carbons (Fsp3) is 0.481. The molecule has 2 aromatic heterocycles. The van der Waals surface area contributed by atoms with Crippen molar-refractivity contribution in [2.24, 2.45) is 11.7 Å². The van der Waals surface area contributed by atoms with E-state index in [0.29, 0.717) is 30.7 Å². The Morgan fingerprint density at radius 1 is 1.00 bits per heavy atom. The van der Waals surface area contributed by atoms with E-state index in [0.717, 1.165) is 49.7 Å². The Morgan fingerprint density at radius 3 is 2.39 bits per heavy atom. The van der Waals surface area contributed by atoms with Gasteiger partial charge in [-0.05, 0) is 61.6 Å². The van der Waals surface area contributed by atoms with Crippen LogP contribution in [0.3, 0.4) is 0 Å². The molecule has 0 radical (unpaired) electrons. The molecular weight excluding hydrogens is 490 g/mol. The molecule has 0 aliphatic carbocycles. The summed E-state index contributed by atoms with van der Waals surface area (Å²) in [6.45, 7) is 4.74. The highest BCUT2D eigenvalue weighted by atomic mass is 19.1. The first-order chi connectivity index (χ1) is 18.3. The van der Waals surface area contributed by atoms with Crippen LogP contribution < -0.4 is 25.2 Å². The first-order valence-electron chi connectivity index (χ1n) is 13.0. The van der Waals surface area contributed by atoms with Crippen molar-refractivity contribution in [3.05, 3.63) is 59.9 Å². The Morgan fingerprint density at radius 2 is 1.74 bits per heavy atom. The Labute approximate surface area is 221 Å². The second kappa shape index (κ2) is 11.0. The second-order valence-corrected chi connectivity index (χ2v) is 10.4. The summed E-state index contributed by atoms with van der Waals surface area (Å²) in [4.78, 5) is 15.0. The molecule has 4 heterocycles. The average molecular weight is 525 g/mol. The van der Waals surface area contributed by atoms with Gasteiger partial charge in [-0.2, -0.15) is 0 Å². The molecule has 2 N–H and O–H groups in total. The summed E-state index contributed by atoms with van der Waals surface area (Å²) >= 11 is 0. The fourth-order valence-corrected chi connectivity index (χ4v) is 5.29. The topological polar surface area (TPSA) is 96.5 Å². The smallest absolute Gasteiger partial charge is 0.225 e. The molecule has 3 atom stereocenters. The van der Waals surface area contributed by atoms with Crippen molar-refractivity contribution in [2.75, 3.05) is 55.0 Å². The van der Waals surface area contributed by atoms with Crippen LogP contribution in [0.4, 0.5) is 26.4 Å². The molecule has 9 nitrogen and oxygen atoms in total. The van der Waals surface area contributed by atoms with Crippen molar-refractivity contribution in [1.82, 2.24) is 20.2 Å². The van der Waals surface area contributed by atoms with Crippen LogP contribution in [0, 0.1) is 17.6 Å². The number of ether oxygens (including phenoxy) is 1. The number of nitrogens with two attached hydrogens (primary N) is 1. The largest absolute Gasteiger partial charge is 0.487 e. The standard InChI is InChI=1S/C27H34F2N8O/c1-17(18-8-10-36(11-9-18)26-7-6-25(33-34-26)35(2)3)38-20-13-31-27(32-14-20)37-15-22(24(30)16-37)21-12-19(28)4-5-23(21)29/h4-7,12-14,17-18,22,24H,8-11,15-16,30H2,1-3H3. The van der Waals surface area contributed by atoms with E-state index in [2.05, 4.69) is 32.0 Å². The molecule has 3 unspecified atom stereocenters. The molecular formula is C27H34F2N8O. The average Bonchev–Trinajstić information content (AvgIpc) is 3.31. The molecule has 2 fully saturated rings. The van der Waals surface area contributed by atoms with Gasteiger partial charge in [0, 0.05) is 52.2 Å². The minimum atomic E-state index is -0.475. The number of hydrogen-bond acceptors (Lipinski definition) is 9. The van der Waals surface area contributed by atoms with Gasteiger partial charge in [-0.15, -0.1) is 10.2 Å². The van der Waals surface area contributed by atoms with E-state index >= 15 is 0 Å². The quantitative estimate of drug-likeness (QED) is 0.500. The zero-order valence-electron chi connectivity index (χ0n) is 22.0. The third-order valence-corrected chi connectivity index (χ3v) is 7.56. The van der Waals surface area contributed by atoms with Crippen molar-refractivity contribution in [1.29, 1.82) is 0 Å². The number of rotatable bonds is 7. The molecule has 11 heteroatoms. The van der Waals surface area contributed by atoms with E-state index in [-0.39, 0.29) is 23.6 Å². The molecule has 3 aromatic rings. The molecule has 5 rings (SSSR count). The van der Waals surface area contributed by atoms with Crippen LogP contribution in [0.25, 0.3) is 0 Å². The molecule has 0 bridgehead atoms. The van der Waals surface area contributed by atoms with Crippen molar-refractivity contribution in [3.8, 4) is 5.75 Å². The molecule has 1 aromatic carbocycles. The predicted octanol–water partition coefficient (Wildman–Crippen LogP) is 3.23. The van der Waals surface area contributed by atoms with Gasteiger partial charge in [0.2, 0.25) is 5.95 Å². The molecule has 0 saturated carbocycles. The highest BCUT2D eigenvalue weighted by Gasteiger charge is 2.34. The highest BCUT2D eigenvalue weighted by molar-refractivity contribution is 5.44. The lowest BCUT2D eigenvalue weighted by Crippen LogP contribution is -2.39. The number of benzene rings is 1. The van der Waals surface area contributed by atoms with E-state index in [4.69, 9.17) is 10.5 Å². The molecule has 2 aliphatic heterocycles. The third-order valence-electron chi connectivity index (χ3n) is 7.56. The predicted molar refractivity (Wildman–Crippen MR) is 143 cm³/mol. The first-order valence-corrected chi connectivity index (χ1v) is 13.0. The number of hydrogen-bond donors (Lipinski definition) is 1. The summed E-state index contributed by atoms with van der Waals surface area (Å²) in [5.41, 5.74) is 6.57. The Bertz CT molecular complexity index is 1220. The van der Waals surface area contributed by atoms with Gasteiger partial charge in [-0.3, -0.25) is 0 Å². The summed E-state index contributed by atoms with van der Waals surface area (Å²) in [5.74, 6) is 1.97. The Hall–Kier alpha value is -3.60. The number of halogens is 2. The van der Waals surface area contributed by atoms with E-state index in [1.54, 1.807) is 12.4 Å². The number of nitrogens with zero attached hydrogens (tertiary/aromatic N) is 7. The second-order valence-electron chi connectivity index (χ2n) is 10.4. The maximum atomic E-state index is 14.3.